The van der Waals surface area contributed by atoms with Crippen LogP contribution in [0.4, 0.5) is 5.82 Å². The van der Waals surface area contributed by atoms with Gasteiger partial charge in [-0.05, 0) is 152 Å². The van der Waals surface area contributed by atoms with Crippen LogP contribution in [0.3, 0.4) is 0 Å². The standard InChI is InChI=1S/C70H128N6O16P2/c71-68-67-69(74-58-73-68)76(59-75-67)66-52-63(77)64(92-66)57-91-94(81,82)90-48-34-20-18-31-45-87-43-29-16-14-27-41-85-39-25-12-10-23-37-83-36-22-9-11-24-38-84-40-26-13-15-28-42-86-44-30-17-19-33-47-89-93(79,80)88-46-32-8-6-4-2-1-3-5-7-21-35-72-65(78)56-70-53-60-49-61(54-70)51-62(50-60)55-70/h58-64,66,77H,1-57H2,(H,72,78)(H,79,80)(H,81,82)(H2,71,73,74)/t60?,61?,62?,63-,64+,66+,70?/m0/s1. The molecule has 1 saturated heterocycles. The monoisotopic (exact) mass is 1370 g/mol. The van der Waals surface area contributed by atoms with Crippen molar-refractivity contribution in [1.29, 1.82) is 0 Å². The topological polar surface area (TPSA) is 286 Å². The maximum absolute atomic E-state index is 12.7. The molecule has 2 aromatic heterocycles. The lowest BCUT2D eigenvalue weighted by molar-refractivity contribution is -0.129. The fourth-order valence-electron chi connectivity index (χ4n) is 14.6. The van der Waals surface area contributed by atoms with Crippen molar-refractivity contribution in [2.45, 2.75) is 288 Å². The average molecular weight is 1370 g/mol. The molecule has 5 aliphatic rings. The van der Waals surface area contributed by atoms with Crippen LogP contribution in [0.25, 0.3) is 11.2 Å². The first-order valence-corrected chi connectivity index (χ1v) is 40.5. The third-order valence-corrected chi connectivity index (χ3v) is 21.3. The molecule has 24 heteroatoms. The van der Waals surface area contributed by atoms with E-state index in [2.05, 4.69) is 20.3 Å². The largest absolute Gasteiger partial charge is 0.472 e. The van der Waals surface area contributed by atoms with Crippen LogP contribution in [-0.4, -0.2) is 152 Å². The molecule has 2 unspecified atom stereocenters. The molecule has 5 atom stereocenters. The van der Waals surface area contributed by atoms with Crippen LogP contribution in [-0.2, 0) is 60.4 Å². The van der Waals surface area contributed by atoms with Crippen LogP contribution in [0.5, 0.6) is 0 Å². The van der Waals surface area contributed by atoms with E-state index in [4.69, 9.17) is 52.2 Å². The Balaban J connectivity index is 0.547. The first-order valence-electron chi connectivity index (χ1n) is 37.5. The van der Waals surface area contributed by atoms with Crippen molar-refractivity contribution >= 4 is 38.5 Å². The number of aliphatic hydroxyl groups excluding tert-OH is 1. The van der Waals surface area contributed by atoms with Crippen LogP contribution in [0, 0.1) is 23.2 Å². The number of fused-ring (bicyclic) bond motifs is 1. The van der Waals surface area contributed by atoms with Gasteiger partial charge in [0.1, 0.15) is 24.2 Å². The Labute approximate surface area is 565 Å². The van der Waals surface area contributed by atoms with Crippen LogP contribution < -0.4 is 11.1 Å². The van der Waals surface area contributed by atoms with Crippen LogP contribution >= 0.6 is 15.6 Å². The van der Waals surface area contributed by atoms with Gasteiger partial charge in [-0.1, -0.05) is 128 Å². The number of aromatic nitrogens is 4. The number of hydrogen-bond acceptors (Lipinski definition) is 18. The number of nitrogens with two attached hydrogens (primary N) is 1. The summed E-state index contributed by atoms with van der Waals surface area (Å²) in [4.78, 5) is 45.3. The van der Waals surface area contributed by atoms with E-state index in [-0.39, 0.29) is 38.7 Å². The molecule has 544 valence electrons. The number of rotatable bonds is 64. The zero-order chi connectivity index (χ0) is 66.5. The van der Waals surface area contributed by atoms with E-state index in [1.807, 2.05) is 0 Å². The van der Waals surface area contributed by atoms with Crippen molar-refractivity contribution in [2.75, 3.05) is 105 Å². The maximum atomic E-state index is 12.7. The smallest absolute Gasteiger partial charge is 0.390 e. The molecule has 3 heterocycles. The first kappa shape index (κ1) is 80.7. The number of ether oxygens (including phenoxy) is 6. The predicted octanol–water partition coefficient (Wildman–Crippen LogP) is 15.4. The van der Waals surface area contributed by atoms with Gasteiger partial charge < -0.3 is 54.4 Å². The van der Waals surface area contributed by atoms with Gasteiger partial charge in [-0.15, -0.1) is 0 Å². The highest BCUT2D eigenvalue weighted by molar-refractivity contribution is 7.47. The number of nitrogens with zero attached hydrogens (tertiary/aromatic N) is 4. The van der Waals surface area contributed by atoms with E-state index in [1.54, 1.807) is 4.57 Å². The third kappa shape index (κ3) is 35.7. The van der Waals surface area contributed by atoms with Crippen LogP contribution in [0.2, 0.25) is 0 Å². The summed E-state index contributed by atoms with van der Waals surface area (Å²) >= 11 is 0. The van der Waals surface area contributed by atoms with E-state index >= 15 is 0 Å². The Hall–Kier alpha value is -2.24. The van der Waals surface area contributed by atoms with Gasteiger partial charge in [-0.2, -0.15) is 0 Å². The van der Waals surface area contributed by atoms with Gasteiger partial charge in [0, 0.05) is 85.5 Å². The number of aliphatic hydroxyl groups is 1. The summed E-state index contributed by atoms with van der Waals surface area (Å²) in [6.07, 6.45) is 46.1. The Morgan fingerprint density at radius 2 is 0.830 bits per heavy atom. The van der Waals surface area contributed by atoms with Crippen molar-refractivity contribution in [2.24, 2.45) is 23.2 Å². The first-order chi connectivity index (χ1) is 45.9. The van der Waals surface area contributed by atoms with Gasteiger partial charge in [0.2, 0.25) is 5.91 Å². The molecule has 1 aliphatic heterocycles. The normalized spacial score (nSPS) is 22.2. The number of amides is 1. The highest BCUT2D eigenvalue weighted by atomic mass is 31.2. The number of nitrogens with one attached hydrogen (secondary N) is 1. The molecule has 4 aliphatic carbocycles. The van der Waals surface area contributed by atoms with Crippen molar-refractivity contribution in [3.8, 4) is 0 Å². The summed E-state index contributed by atoms with van der Waals surface area (Å²) in [5.74, 6) is 3.25. The second-order valence-corrected chi connectivity index (χ2v) is 30.7. The highest BCUT2D eigenvalue weighted by Gasteiger charge is 2.51. The minimum absolute atomic E-state index is 0.0909. The molecule has 22 nitrogen and oxygen atoms in total. The molecule has 4 bridgehead atoms. The molecule has 2 aromatic rings. The molecule has 7 rings (SSSR count). The Morgan fingerprint density at radius 3 is 1.21 bits per heavy atom. The molecule has 0 radical (unpaired) electrons. The average Bonchev–Trinajstić information content (AvgIpc) is 0.941. The summed E-state index contributed by atoms with van der Waals surface area (Å²) < 4.78 is 82.1. The quantitative estimate of drug-likeness (QED) is 0.0304. The summed E-state index contributed by atoms with van der Waals surface area (Å²) in [6.45, 7) is 9.16. The zero-order valence-electron chi connectivity index (χ0n) is 57.8. The second-order valence-electron chi connectivity index (χ2n) is 27.8. The summed E-state index contributed by atoms with van der Waals surface area (Å²) in [5, 5.41) is 13.7. The SMILES string of the molecule is Nc1ncnc2c1ncn2[C@H]1C[C@H](O)[C@@H](COP(=O)(O)OCCCCCCOCCCCCCOCCCCCCOCCCCCCOCCCCCCOCCCCCCOP(=O)(O)OCCCCCCCCCCCCNC(=O)CC23CC4CC(CC(C4)C2)C3)O1. The van der Waals surface area contributed by atoms with Crippen molar-refractivity contribution in [3.05, 3.63) is 12.7 Å². The van der Waals surface area contributed by atoms with E-state index in [1.165, 1.54) is 122 Å². The molecule has 1 amide bonds. The van der Waals surface area contributed by atoms with E-state index in [0.717, 1.165) is 231 Å². The Bertz CT molecular complexity index is 2310. The Kier molecular flexibility index (Phi) is 42.4. The number of carbonyl (C=O) groups excluding carboxylic acids is 1. The number of anilines is 1. The minimum atomic E-state index is -4.31. The summed E-state index contributed by atoms with van der Waals surface area (Å²) in [5.41, 5.74) is 7.10. The Morgan fingerprint density at radius 1 is 0.489 bits per heavy atom. The number of phosphoric ester groups is 2. The molecule has 94 heavy (non-hydrogen) atoms. The van der Waals surface area contributed by atoms with Gasteiger partial charge in [0.25, 0.3) is 0 Å². The van der Waals surface area contributed by atoms with Crippen molar-refractivity contribution in [3.63, 3.8) is 0 Å². The molecular weight excluding hydrogens is 1240 g/mol. The van der Waals surface area contributed by atoms with E-state index in [0.29, 0.717) is 35.5 Å². The zero-order valence-corrected chi connectivity index (χ0v) is 59.6. The second kappa shape index (κ2) is 49.3. The molecule has 5 fully saturated rings. The number of phosphoric acid groups is 2. The lowest BCUT2D eigenvalue weighted by atomic mass is 9.49. The van der Waals surface area contributed by atoms with Gasteiger partial charge >= 0.3 is 15.6 Å². The van der Waals surface area contributed by atoms with Crippen molar-refractivity contribution in [1.82, 2.24) is 24.8 Å². The number of nitrogen functional groups attached to an aromatic ring is 1. The highest BCUT2D eigenvalue weighted by Crippen LogP contribution is 2.61. The number of carbonyl (C=O) groups is 1. The minimum Gasteiger partial charge on any atom is -0.390 e. The predicted molar refractivity (Wildman–Crippen MR) is 367 cm³/mol. The fraction of sp³-hybridized carbons (Fsp3) is 0.914. The molecule has 0 aromatic carbocycles. The molecule has 0 spiro atoms. The lowest BCUT2D eigenvalue weighted by Gasteiger charge is -2.56. The maximum Gasteiger partial charge on any atom is 0.472 e. The summed E-state index contributed by atoms with van der Waals surface area (Å²) in [6, 6.07) is 0. The summed E-state index contributed by atoms with van der Waals surface area (Å²) in [7, 11) is -8.29. The van der Waals surface area contributed by atoms with Gasteiger partial charge in [-0.25, -0.2) is 24.1 Å². The van der Waals surface area contributed by atoms with Gasteiger partial charge in [-0.3, -0.25) is 27.5 Å². The fourth-order valence-corrected chi connectivity index (χ4v) is 16.1. The van der Waals surface area contributed by atoms with E-state index < -0.39 is 34.1 Å². The van der Waals surface area contributed by atoms with Crippen LogP contribution in [0.1, 0.15) is 276 Å². The molecule has 4 saturated carbocycles. The number of unbranched alkanes of at least 4 members (excludes halogenated alkanes) is 27. The van der Waals surface area contributed by atoms with Gasteiger partial charge in [0.05, 0.1) is 38.9 Å². The number of imidazole rings is 1. The molecule has 6 N–H and O–H groups in total. The lowest BCUT2D eigenvalue weighted by Crippen LogP contribution is -2.48. The third-order valence-electron chi connectivity index (χ3n) is 19.3. The van der Waals surface area contributed by atoms with Crippen LogP contribution in [0.15, 0.2) is 12.7 Å². The van der Waals surface area contributed by atoms with E-state index in [9.17, 15) is 28.8 Å². The van der Waals surface area contributed by atoms with Crippen molar-refractivity contribution < 1.29 is 75.3 Å². The van der Waals surface area contributed by atoms with Gasteiger partial charge in [0.15, 0.2) is 11.5 Å². The number of hydrogen-bond donors (Lipinski definition) is 5. The molecular formula is C70H128N6O16P2.